The number of nitrogens with zero attached hydrogens (tertiary/aromatic N) is 3. The maximum absolute atomic E-state index is 5.73. The lowest BCUT2D eigenvalue weighted by Crippen LogP contribution is -2.16. The predicted molar refractivity (Wildman–Crippen MR) is 60.5 cm³/mol. The van der Waals surface area contributed by atoms with E-state index in [0.29, 0.717) is 0 Å². The standard InChI is InChI=1S/C11H16N4/c1-8(12)5-6-10-14-9-4-3-7-13-11(9)15(10)2/h3-4,7-8H,5-6,12H2,1-2H3. The van der Waals surface area contributed by atoms with Gasteiger partial charge in [0.1, 0.15) is 11.3 Å². The molecule has 4 nitrogen and oxygen atoms in total. The zero-order chi connectivity index (χ0) is 10.8. The van der Waals surface area contributed by atoms with Crippen LogP contribution in [-0.2, 0) is 13.5 Å². The molecule has 1 unspecified atom stereocenters. The fraction of sp³-hybridized carbons (Fsp3) is 0.455. The monoisotopic (exact) mass is 204 g/mol. The Morgan fingerprint density at radius 3 is 3.00 bits per heavy atom. The van der Waals surface area contributed by atoms with E-state index in [1.54, 1.807) is 6.20 Å². The summed E-state index contributed by atoms with van der Waals surface area (Å²) in [6.45, 7) is 2.01. The molecule has 0 amide bonds. The summed E-state index contributed by atoms with van der Waals surface area (Å²) < 4.78 is 2.04. The summed E-state index contributed by atoms with van der Waals surface area (Å²) in [4.78, 5) is 8.83. The molecule has 0 spiro atoms. The molecule has 0 aliphatic carbocycles. The van der Waals surface area contributed by atoms with Crippen LogP contribution in [0.5, 0.6) is 0 Å². The highest BCUT2D eigenvalue weighted by Gasteiger charge is 2.08. The highest BCUT2D eigenvalue weighted by Crippen LogP contribution is 2.12. The molecular formula is C11H16N4. The molecule has 0 fully saturated rings. The van der Waals surface area contributed by atoms with Gasteiger partial charge >= 0.3 is 0 Å². The Morgan fingerprint density at radius 1 is 1.53 bits per heavy atom. The van der Waals surface area contributed by atoms with Gasteiger partial charge in [-0.2, -0.15) is 0 Å². The Bertz CT molecular complexity index is 459. The maximum atomic E-state index is 5.73. The van der Waals surface area contributed by atoms with Crippen molar-refractivity contribution in [3.05, 3.63) is 24.2 Å². The van der Waals surface area contributed by atoms with Crippen LogP contribution in [0.25, 0.3) is 11.2 Å². The van der Waals surface area contributed by atoms with Crippen LogP contribution in [0.15, 0.2) is 18.3 Å². The first-order chi connectivity index (χ1) is 7.18. The van der Waals surface area contributed by atoms with E-state index < -0.39 is 0 Å². The van der Waals surface area contributed by atoms with Crippen molar-refractivity contribution >= 4 is 11.2 Å². The zero-order valence-electron chi connectivity index (χ0n) is 9.14. The fourth-order valence-corrected chi connectivity index (χ4v) is 1.65. The van der Waals surface area contributed by atoms with E-state index in [9.17, 15) is 0 Å². The van der Waals surface area contributed by atoms with E-state index in [0.717, 1.165) is 29.8 Å². The summed E-state index contributed by atoms with van der Waals surface area (Å²) in [6, 6.07) is 4.11. The van der Waals surface area contributed by atoms with Gasteiger partial charge < -0.3 is 10.3 Å². The summed E-state index contributed by atoms with van der Waals surface area (Å²) in [5.41, 5.74) is 7.63. The zero-order valence-corrected chi connectivity index (χ0v) is 9.14. The second-order valence-electron chi connectivity index (χ2n) is 3.95. The number of nitrogens with two attached hydrogens (primary N) is 1. The normalized spacial score (nSPS) is 13.3. The molecule has 2 aromatic heterocycles. The smallest absolute Gasteiger partial charge is 0.159 e. The van der Waals surface area contributed by atoms with Gasteiger partial charge in [0.25, 0.3) is 0 Å². The van der Waals surface area contributed by atoms with Crippen LogP contribution in [0.4, 0.5) is 0 Å². The molecule has 0 saturated carbocycles. The third kappa shape index (κ3) is 1.99. The van der Waals surface area contributed by atoms with Crippen LogP contribution >= 0.6 is 0 Å². The van der Waals surface area contributed by atoms with Crippen molar-refractivity contribution in [1.82, 2.24) is 14.5 Å². The first kappa shape index (κ1) is 10.1. The van der Waals surface area contributed by atoms with Gasteiger partial charge in [-0.05, 0) is 25.5 Å². The highest BCUT2D eigenvalue weighted by atomic mass is 15.1. The fourth-order valence-electron chi connectivity index (χ4n) is 1.65. The number of hydrogen-bond acceptors (Lipinski definition) is 3. The molecule has 2 N–H and O–H groups in total. The van der Waals surface area contributed by atoms with Gasteiger partial charge in [0.15, 0.2) is 5.65 Å². The van der Waals surface area contributed by atoms with Crippen molar-refractivity contribution < 1.29 is 0 Å². The van der Waals surface area contributed by atoms with E-state index in [2.05, 4.69) is 9.97 Å². The minimum Gasteiger partial charge on any atom is -0.328 e. The summed E-state index contributed by atoms with van der Waals surface area (Å²) >= 11 is 0. The minimum atomic E-state index is 0.220. The molecular weight excluding hydrogens is 188 g/mol. The van der Waals surface area contributed by atoms with Crippen molar-refractivity contribution in [2.24, 2.45) is 12.8 Å². The average Bonchev–Trinajstić information content (AvgIpc) is 2.54. The lowest BCUT2D eigenvalue weighted by atomic mass is 10.2. The molecule has 0 radical (unpaired) electrons. The Morgan fingerprint density at radius 2 is 2.33 bits per heavy atom. The third-order valence-corrected chi connectivity index (χ3v) is 2.54. The van der Waals surface area contributed by atoms with Gasteiger partial charge in [-0.3, -0.25) is 0 Å². The van der Waals surface area contributed by atoms with Crippen LogP contribution in [-0.4, -0.2) is 20.6 Å². The molecule has 2 rings (SSSR count). The van der Waals surface area contributed by atoms with Crippen molar-refractivity contribution in [1.29, 1.82) is 0 Å². The average molecular weight is 204 g/mol. The van der Waals surface area contributed by atoms with Crippen molar-refractivity contribution in [2.75, 3.05) is 0 Å². The molecule has 1 atom stereocenters. The number of aromatic nitrogens is 3. The van der Waals surface area contributed by atoms with Gasteiger partial charge in [0, 0.05) is 25.7 Å². The Labute approximate surface area is 89.1 Å². The molecule has 0 aliphatic rings. The topological polar surface area (TPSA) is 56.7 Å². The summed E-state index contributed by atoms with van der Waals surface area (Å²) in [6.07, 6.45) is 3.65. The lowest BCUT2D eigenvalue weighted by molar-refractivity contribution is 0.635. The Balaban J connectivity index is 2.32. The number of hydrogen-bond donors (Lipinski definition) is 1. The van der Waals surface area contributed by atoms with E-state index in [1.165, 1.54) is 0 Å². The quantitative estimate of drug-likeness (QED) is 0.818. The van der Waals surface area contributed by atoms with Gasteiger partial charge in [0.05, 0.1) is 0 Å². The van der Waals surface area contributed by atoms with Crippen LogP contribution in [0, 0.1) is 0 Å². The first-order valence-electron chi connectivity index (χ1n) is 5.20. The highest BCUT2D eigenvalue weighted by molar-refractivity contribution is 5.70. The van der Waals surface area contributed by atoms with Gasteiger partial charge in [-0.1, -0.05) is 0 Å². The van der Waals surface area contributed by atoms with E-state index in [-0.39, 0.29) is 6.04 Å². The first-order valence-corrected chi connectivity index (χ1v) is 5.20. The van der Waals surface area contributed by atoms with Gasteiger partial charge in [-0.25, -0.2) is 9.97 Å². The predicted octanol–water partition coefficient (Wildman–Crippen LogP) is 1.25. The number of pyridine rings is 1. The molecule has 80 valence electrons. The van der Waals surface area contributed by atoms with Crippen molar-refractivity contribution in [3.8, 4) is 0 Å². The van der Waals surface area contributed by atoms with E-state index in [4.69, 9.17) is 5.73 Å². The second-order valence-corrected chi connectivity index (χ2v) is 3.95. The van der Waals surface area contributed by atoms with Crippen LogP contribution in [0.3, 0.4) is 0 Å². The molecule has 0 aliphatic heterocycles. The molecule has 0 bridgehead atoms. The SMILES string of the molecule is CC(N)CCc1nc2cccnc2n1C. The summed E-state index contributed by atoms with van der Waals surface area (Å²) in [7, 11) is 2.00. The Kier molecular flexibility index (Phi) is 2.68. The van der Waals surface area contributed by atoms with E-state index >= 15 is 0 Å². The molecule has 15 heavy (non-hydrogen) atoms. The molecule has 2 aromatic rings. The molecule has 4 heteroatoms. The van der Waals surface area contributed by atoms with Crippen LogP contribution in [0.1, 0.15) is 19.2 Å². The largest absolute Gasteiger partial charge is 0.328 e. The number of rotatable bonds is 3. The van der Waals surface area contributed by atoms with Crippen molar-refractivity contribution in [2.45, 2.75) is 25.8 Å². The second kappa shape index (κ2) is 3.98. The molecule has 2 heterocycles. The number of fused-ring (bicyclic) bond motifs is 1. The van der Waals surface area contributed by atoms with Gasteiger partial charge in [0.2, 0.25) is 0 Å². The molecule has 0 saturated heterocycles. The van der Waals surface area contributed by atoms with E-state index in [1.807, 2.05) is 30.7 Å². The maximum Gasteiger partial charge on any atom is 0.159 e. The van der Waals surface area contributed by atoms with Crippen LogP contribution in [0.2, 0.25) is 0 Å². The molecule has 0 aromatic carbocycles. The number of imidazole rings is 1. The lowest BCUT2D eigenvalue weighted by Gasteiger charge is -2.04. The van der Waals surface area contributed by atoms with Crippen LogP contribution < -0.4 is 5.73 Å². The number of aryl methyl sites for hydroxylation is 2. The Hall–Kier alpha value is -1.42. The summed E-state index contributed by atoms with van der Waals surface area (Å²) in [5, 5.41) is 0. The van der Waals surface area contributed by atoms with Gasteiger partial charge in [-0.15, -0.1) is 0 Å². The minimum absolute atomic E-state index is 0.220. The third-order valence-electron chi connectivity index (χ3n) is 2.54. The summed E-state index contributed by atoms with van der Waals surface area (Å²) in [5.74, 6) is 1.06. The van der Waals surface area contributed by atoms with Crippen molar-refractivity contribution in [3.63, 3.8) is 0 Å².